The van der Waals surface area contributed by atoms with Gasteiger partial charge in [-0.15, -0.1) is 0 Å². The van der Waals surface area contributed by atoms with E-state index in [4.69, 9.17) is 9.47 Å². The first kappa shape index (κ1) is 23.3. The number of carbonyl (C=O) groups is 3. The van der Waals surface area contributed by atoms with E-state index in [2.05, 4.69) is 0 Å². The highest BCUT2D eigenvalue weighted by Gasteiger charge is 2.28. The monoisotopic (exact) mass is 420 g/mol. The molecule has 164 valence electrons. The lowest BCUT2D eigenvalue weighted by Crippen LogP contribution is -2.42. The van der Waals surface area contributed by atoms with Crippen molar-refractivity contribution in [1.82, 2.24) is 4.90 Å². The third-order valence-corrected chi connectivity index (χ3v) is 5.24. The number of unbranched alkanes of at least 4 members (excludes halogenated alkanes) is 2. The van der Waals surface area contributed by atoms with Gasteiger partial charge < -0.3 is 14.4 Å². The number of carbonyl (C=O) groups excluding carboxylic acids is 3. The highest BCUT2D eigenvalue weighted by molar-refractivity contribution is 5.82. The Morgan fingerprint density at radius 3 is 2.60 bits per heavy atom. The molecule has 1 saturated carbocycles. The van der Waals surface area contributed by atoms with Crippen LogP contribution in [0.3, 0.4) is 0 Å². The van der Waals surface area contributed by atoms with Gasteiger partial charge in [-0.2, -0.15) is 0 Å². The number of hydrogen-bond donors (Lipinski definition) is 0. The van der Waals surface area contributed by atoms with Crippen molar-refractivity contribution in [1.29, 1.82) is 0 Å². The van der Waals surface area contributed by atoms with Crippen LogP contribution in [0.5, 0.6) is 5.75 Å². The largest absolute Gasteiger partial charge is 0.493 e. The molecule has 0 spiro atoms. The number of esters is 1. The molecule has 0 unspecified atom stereocenters. The van der Waals surface area contributed by atoms with Crippen LogP contribution in [0.2, 0.25) is 0 Å². The van der Waals surface area contributed by atoms with Crippen molar-refractivity contribution in [3.05, 3.63) is 33.9 Å². The van der Waals surface area contributed by atoms with E-state index in [1.54, 1.807) is 4.90 Å². The van der Waals surface area contributed by atoms with Crippen LogP contribution in [0.1, 0.15) is 61.7 Å². The zero-order valence-corrected chi connectivity index (χ0v) is 17.2. The fourth-order valence-electron chi connectivity index (χ4n) is 3.60. The standard InChI is InChI=1S/C21H28N2O7/c1-29-21(26)14-22(17-7-4-5-8-17)20(25)9-3-2-6-12-30-18-11-10-16(15-24)19(13-18)23(27)28/h10-11,13,15,17H,2-9,12,14H2,1H3. The Hall–Kier alpha value is -2.97. The van der Waals surface area contributed by atoms with Gasteiger partial charge in [0.25, 0.3) is 5.69 Å². The number of hydrogen-bond acceptors (Lipinski definition) is 7. The quantitative estimate of drug-likeness (QED) is 0.167. The molecule has 9 heteroatoms. The van der Waals surface area contributed by atoms with Crippen LogP contribution in [0.25, 0.3) is 0 Å². The first-order valence-electron chi connectivity index (χ1n) is 10.2. The van der Waals surface area contributed by atoms with E-state index in [0.29, 0.717) is 37.9 Å². The molecule has 9 nitrogen and oxygen atoms in total. The molecule has 1 fully saturated rings. The molecule has 0 heterocycles. The van der Waals surface area contributed by atoms with E-state index in [9.17, 15) is 24.5 Å². The van der Waals surface area contributed by atoms with Crippen molar-refractivity contribution in [2.75, 3.05) is 20.3 Å². The third kappa shape index (κ3) is 6.82. The summed E-state index contributed by atoms with van der Waals surface area (Å²) in [6, 6.07) is 4.23. The molecule has 1 aromatic rings. The van der Waals surface area contributed by atoms with Crippen molar-refractivity contribution in [3.8, 4) is 5.75 Å². The predicted molar refractivity (Wildman–Crippen MR) is 108 cm³/mol. The van der Waals surface area contributed by atoms with Gasteiger partial charge in [0.05, 0.1) is 30.3 Å². The third-order valence-electron chi connectivity index (χ3n) is 5.24. The van der Waals surface area contributed by atoms with E-state index in [1.165, 1.54) is 25.3 Å². The number of nitro groups is 1. The molecule has 1 aliphatic rings. The summed E-state index contributed by atoms with van der Waals surface area (Å²) >= 11 is 0. The van der Waals surface area contributed by atoms with Crippen molar-refractivity contribution in [2.45, 2.75) is 57.4 Å². The highest BCUT2D eigenvalue weighted by atomic mass is 16.6. The Morgan fingerprint density at radius 1 is 1.23 bits per heavy atom. The summed E-state index contributed by atoms with van der Waals surface area (Å²) in [4.78, 5) is 47.1. The number of nitro benzene ring substituents is 1. The van der Waals surface area contributed by atoms with E-state index < -0.39 is 10.9 Å². The second-order valence-corrected chi connectivity index (χ2v) is 7.29. The summed E-state index contributed by atoms with van der Waals surface area (Å²) < 4.78 is 10.2. The van der Waals surface area contributed by atoms with Crippen LogP contribution in [-0.4, -0.2) is 54.3 Å². The molecule has 0 N–H and O–H groups in total. The Bertz CT molecular complexity index is 760. The molecule has 1 aliphatic carbocycles. The van der Waals surface area contributed by atoms with Crippen LogP contribution in [-0.2, 0) is 14.3 Å². The Balaban J connectivity index is 1.74. The Kier molecular flexibility index (Phi) is 9.24. The van der Waals surface area contributed by atoms with E-state index in [1.807, 2.05) is 0 Å². The molecule has 30 heavy (non-hydrogen) atoms. The molecular weight excluding hydrogens is 392 g/mol. The lowest BCUT2D eigenvalue weighted by molar-refractivity contribution is -0.385. The van der Waals surface area contributed by atoms with Gasteiger partial charge in [-0.05, 0) is 44.2 Å². The van der Waals surface area contributed by atoms with Gasteiger partial charge in [0, 0.05) is 12.5 Å². The average Bonchev–Trinajstić information content (AvgIpc) is 3.28. The van der Waals surface area contributed by atoms with Gasteiger partial charge in [-0.25, -0.2) is 0 Å². The number of aldehydes is 1. The minimum Gasteiger partial charge on any atom is -0.493 e. The number of benzene rings is 1. The Morgan fingerprint density at radius 2 is 1.97 bits per heavy atom. The van der Waals surface area contributed by atoms with Crippen LogP contribution in [0.15, 0.2) is 18.2 Å². The summed E-state index contributed by atoms with van der Waals surface area (Å²) in [5.74, 6) is -0.111. The summed E-state index contributed by atoms with van der Waals surface area (Å²) in [6.07, 6.45) is 6.86. The smallest absolute Gasteiger partial charge is 0.325 e. The summed E-state index contributed by atoms with van der Waals surface area (Å²) in [5, 5.41) is 11.0. The van der Waals surface area contributed by atoms with Crippen LogP contribution >= 0.6 is 0 Å². The number of nitrogens with zero attached hydrogens (tertiary/aromatic N) is 2. The SMILES string of the molecule is COC(=O)CN(C(=O)CCCCCOc1ccc(C=O)c([N+](=O)[O-])c1)C1CCCC1. The van der Waals surface area contributed by atoms with Gasteiger partial charge in [0.15, 0.2) is 6.29 Å². The second kappa shape index (κ2) is 11.9. The molecular formula is C21H28N2O7. The first-order valence-corrected chi connectivity index (χ1v) is 10.2. The molecule has 0 saturated heterocycles. The van der Waals surface area contributed by atoms with E-state index in [-0.39, 0.29) is 29.7 Å². The highest BCUT2D eigenvalue weighted by Crippen LogP contribution is 2.25. The lowest BCUT2D eigenvalue weighted by Gasteiger charge is -2.28. The second-order valence-electron chi connectivity index (χ2n) is 7.29. The maximum absolute atomic E-state index is 12.6. The molecule has 1 amide bonds. The zero-order valence-electron chi connectivity index (χ0n) is 17.2. The summed E-state index contributed by atoms with van der Waals surface area (Å²) in [7, 11) is 1.32. The maximum atomic E-state index is 12.6. The maximum Gasteiger partial charge on any atom is 0.325 e. The van der Waals surface area contributed by atoms with Gasteiger partial charge in [-0.1, -0.05) is 12.8 Å². The molecule has 0 aromatic heterocycles. The fraction of sp³-hybridized carbons (Fsp3) is 0.571. The minimum absolute atomic E-state index is 0.00131. The van der Waals surface area contributed by atoms with Gasteiger partial charge >= 0.3 is 5.97 Å². The molecule has 0 aliphatic heterocycles. The Labute approximate surface area is 175 Å². The van der Waals surface area contributed by atoms with Crippen molar-refractivity contribution in [2.24, 2.45) is 0 Å². The fourth-order valence-corrected chi connectivity index (χ4v) is 3.60. The van der Waals surface area contributed by atoms with Crippen LogP contribution in [0, 0.1) is 10.1 Å². The van der Waals surface area contributed by atoms with E-state index in [0.717, 1.165) is 32.1 Å². The lowest BCUT2D eigenvalue weighted by atomic mass is 10.1. The summed E-state index contributed by atoms with van der Waals surface area (Å²) in [5.41, 5.74) is -0.282. The minimum atomic E-state index is -0.618. The van der Waals surface area contributed by atoms with Crippen LogP contribution in [0.4, 0.5) is 5.69 Å². The van der Waals surface area contributed by atoms with Crippen LogP contribution < -0.4 is 4.74 Å². The van der Waals surface area contributed by atoms with Gasteiger partial charge in [-0.3, -0.25) is 24.5 Å². The van der Waals surface area contributed by atoms with Gasteiger partial charge in [0.1, 0.15) is 12.3 Å². The summed E-state index contributed by atoms with van der Waals surface area (Å²) in [6.45, 7) is 0.346. The molecule has 1 aromatic carbocycles. The van der Waals surface area contributed by atoms with Crippen molar-refractivity contribution >= 4 is 23.9 Å². The number of ether oxygens (including phenoxy) is 2. The molecule has 0 radical (unpaired) electrons. The topological polar surface area (TPSA) is 116 Å². The number of rotatable bonds is 12. The molecule has 2 rings (SSSR count). The molecule has 0 atom stereocenters. The van der Waals surface area contributed by atoms with E-state index >= 15 is 0 Å². The number of methoxy groups -OCH3 is 1. The number of amides is 1. The molecule has 0 bridgehead atoms. The predicted octanol–water partition coefficient (Wildman–Crippen LogP) is 3.29. The van der Waals surface area contributed by atoms with Gasteiger partial charge in [0.2, 0.25) is 5.91 Å². The van der Waals surface area contributed by atoms with Crippen molar-refractivity contribution < 1.29 is 28.8 Å². The average molecular weight is 420 g/mol. The normalized spacial score (nSPS) is 13.6. The first-order chi connectivity index (χ1) is 14.5. The zero-order chi connectivity index (χ0) is 21.9. The van der Waals surface area contributed by atoms with Crippen molar-refractivity contribution in [3.63, 3.8) is 0 Å².